The molecule has 0 heterocycles. The highest BCUT2D eigenvalue weighted by Crippen LogP contribution is 2.64. The van der Waals surface area contributed by atoms with Crippen molar-refractivity contribution in [3.05, 3.63) is 36.0 Å². The van der Waals surface area contributed by atoms with E-state index in [1.54, 1.807) is 5.57 Å². The maximum absolute atomic E-state index is 2.69. The number of allylic oxidation sites excluding steroid dienone is 6. The van der Waals surface area contributed by atoms with E-state index in [0.29, 0.717) is 10.5 Å². The van der Waals surface area contributed by atoms with Crippen molar-refractivity contribution in [3.63, 3.8) is 0 Å². The lowest BCUT2D eigenvalue weighted by Crippen LogP contribution is -2.37. The van der Waals surface area contributed by atoms with Crippen molar-refractivity contribution >= 4 is 8.07 Å². The second-order valence-corrected chi connectivity index (χ2v) is 12.6. The molecule has 0 aromatic heterocycles. The fraction of sp³-hybridized carbons (Fsp3) is 0.625. The number of hydrogen-bond donors (Lipinski definition) is 0. The fourth-order valence-corrected chi connectivity index (χ4v) is 6.07. The monoisotopic (exact) mass is 244 g/mol. The van der Waals surface area contributed by atoms with Crippen molar-refractivity contribution in [2.75, 3.05) is 0 Å². The molecule has 2 atom stereocenters. The number of rotatable bonds is 1. The lowest BCUT2D eigenvalue weighted by atomic mass is 9.71. The van der Waals surface area contributed by atoms with Gasteiger partial charge in [-0.25, -0.2) is 0 Å². The third kappa shape index (κ3) is 1.55. The van der Waals surface area contributed by atoms with E-state index in [-0.39, 0.29) is 0 Å². The van der Waals surface area contributed by atoms with Crippen molar-refractivity contribution in [1.82, 2.24) is 0 Å². The first kappa shape index (κ1) is 11.5. The first-order chi connectivity index (χ1) is 7.98. The molecule has 17 heavy (non-hydrogen) atoms. The quantitative estimate of drug-likeness (QED) is 0.445. The van der Waals surface area contributed by atoms with Crippen LogP contribution in [0.1, 0.15) is 32.1 Å². The zero-order valence-electron chi connectivity index (χ0n) is 11.4. The van der Waals surface area contributed by atoms with Gasteiger partial charge in [-0.2, -0.15) is 0 Å². The maximum Gasteiger partial charge on any atom is 0.0597 e. The minimum Gasteiger partial charge on any atom is -0.0773 e. The minimum absolute atomic E-state index is 0.427. The van der Waals surface area contributed by atoms with Crippen molar-refractivity contribution in [2.24, 2.45) is 5.41 Å². The van der Waals surface area contributed by atoms with Crippen molar-refractivity contribution < 1.29 is 0 Å². The first-order valence-electron chi connectivity index (χ1n) is 7.07. The average Bonchev–Trinajstić information content (AvgIpc) is 2.46. The average molecular weight is 244 g/mol. The van der Waals surface area contributed by atoms with Gasteiger partial charge in [0.25, 0.3) is 0 Å². The van der Waals surface area contributed by atoms with E-state index in [9.17, 15) is 0 Å². The summed E-state index contributed by atoms with van der Waals surface area (Å²) in [6.45, 7) is 7.60. The molecule has 1 fully saturated rings. The molecule has 0 nitrogen and oxygen atoms in total. The topological polar surface area (TPSA) is 0 Å². The van der Waals surface area contributed by atoms with Crippen LogP contribution in [0.2, 0.25) is 24.7 Å². The van der Waals surface area contributed by atoms with Crippen molar-refractivity contribution in [1.29, 1.82) is 0 Å². The summed E-state index contributed by atoms with van der Waals surface area (Å²) in [5, 5.41) is 0.427. The highest BCUT2D eigenvalue weighted by molar-refractivity contribution is 6.80. The molecule has 3 aliphatic rings. The van der Waals surface area contributed by atoms with E-state index in [2.05, 4.69) is 50.0 Å². The molecular weight excluding hydrogens is 220 g/mol. The molecule has 0 radical (unpaired) electrons. The SMILES string of the molecule is C[Si](C)(C)[C@]12C=CC=C[C@@]3(CCCCC3=C1)C2. The van der Waals surface area contributed by atoms with Gasteiger partial charge in [0.15, 0.2) is 0 Å². The Bertz CT molecular complexity index is 421. The molecule has 0 unspecified atom stereocenters. The van der Waals surface area contributed by atoms with Crippen LogP contribution in [0.25, 0.3) is 0 Å². The third-order valence-electron chi connectivity index (χ3n) is 5.31. The summed E-state index contributed by atoms with van der Waals surface area (Å²) >= 11 is 0. The Labute approximate surface area is 107 Å². The molecule has 0 saturated heterocycles. The van der Waals surface area contributed by atoms with Crippen LogP contribution in [0.5, 0.6) is 0 Å². The standard InChI is InChI=1S/C16H24Si/c1-17(2,3)16-11-7-6-10-15(13-16)9-5-4-8-14(15)12-16/h6-7,10-12H,4-5,8-9,13H2,1-3H3/t15-,16+/m0/s1. The predicted molar refractivity (Wildman–Crippen MR) is 77.9 cm³/mol. The summed E-state index contributed by atoms with van der Waals surface area (Å²) < 4.78 is 0. The van der Waals surface area contributed by atoms with Crippen LogP contribution >= 0.6 is 0 Å². The van der Waals surface area contributed by atoms with Crippen LogP contribution < -0.4 is 0 Å². The van der Waals surface area contributed by atoms with E-state index >= 15 is 0 Å². The van der Waals surface area contributed by atoms with Gasteiger partial charge in [0, 0.05) is 10.5 Å². The van der Waals surface area contributed by atoms with Gasteiger partial charge in [0.05, 0.1) is 8.07 Å². The normalized spacial score (nSPS) is 39.8. The van der Waals surface area contributed by atoms with E-state index in [1.165, 1.54) is 32.1 Å². The van der Waals surface area contributed by atoms with Gasteiger partial charge in [-0.15, -0.1) is 0 Å². The van der Waals surface area contributed by atoms with Crippen LogP contribution in [-0.4, -0.2) is 8.07 Å². The van der Waals surface area contributed by atoms with Gasteiger partial charge in [-0.05, 0) is 25.7 Å². The fourth-order valence-electron chi connectivity index (χ4n) is 4.02. The van der Waals surface area contributed by atoms with Crippen LogP contribution in [0.4, 0.5) is 0 Å². The highest BCUT2D eigenvalue weighted by atomic mass is 28.3. The molecule has 92 valence electrons. The molecule has 0 N–H and O–H groups in total. The zero-order valence-corrected chi connectivity index (χ0v) is 12.4. The van der Waals surface area contributed by atoms with Crippen molar-refractivity contribution in [3.8, 4) is 0 Å². The molecule has 0 aromatic rings. The molecule has 0 aliphatic heterocycles. The van der Waals surface area contributed by atoms with E-state index in [0.717, 1.165) is 0 Å². The highest BCUT2D eigenvalue weighted by Gasteiger charge is 2.52. The van der Waals surface area contributed by atoms with E-state index in [1.807, 2.05) is 0 Å². The Morgan fingerprint density at radius 3 is 2.59 bits per heavy atom. The Morgan fingerprint density at radius 1 is 1.06 bits per heavy atom. The second kappa shape index (κ2) is 3.47. The first-order valence-corrected chi connectivity index (χ1v) is 10.6. The van der Waals surface area contributed by atoms with Gasteiger partial charge in [0.1, 0.15) is 0 Å². The van der Waals surface area contributed by atoms with Gasteiger partial charge in [0.2, 0.25) is 0 Å². The van der Waals surface area contributed by atoms with Gasteiger partial charge >= 0.3 is 0 Å². The number of fused-ring (bicyclic) bond motifs is 1. The molecule has 1 heteroatoms. The predicted octanol–water partition coefficient (Wildman–Crippen LogP) is 5.08. The lowest BCUT2D eigenvalue weighted by Gasteiger charge is -2.40. The smallest absolute Gasteiger partial charge is 0.0597 e. The Hall–Kier alpha value is -0.563. The summed E-state index contributed by atoms with van der Waals surface area (Å²) in [6, 6.07) is 0. The summed E-state index contributed by atoms with van der Waals surface area (Å²) in [7, 11) is -1.19. The van der Waals surface area contributed by atoms with E-state index < -0.39 is 8.07 Å². The second-order valence-electron chi connectivity index (χ2n) is 7.22. The molecule has 1 saturated carbocycles. The molecule has 1 spiro atoms. The third-order valence-corrected chi connectivity index (χ3v) is 8.60. The molecule has 0 aromatic carbocycles. The molecule has 0 amide bonds. The van der Waals surface area contributed by atoms with Crippen LogP contribution in [0, 0.1) is 5.41 Å². The van der Waals surface area contributed by atoms with Gasteiger partial charge in [-0.3, -0.25) is 0 Å². The largest absolute Gasteiger partial charge is 0.0773 e. The molecule has 2 bridgehead atoms. The molecule has 3 rings (SSSR count). The van der Waals surface area contributed by atoms with Crippen LogP contribution in [0.3, 0.4) is 0 Å². The Balaban J connectivity index is 2.13. The van der Waals surface area contributed by atoms with Crippen LogP contribution in [-0.2, 0) is 0 Å². The Morgan fingerprint density at radius 2 is 1.82 bits per heavy atom. The Kier molecular flexibility index (Phi) is 2.35. The van der Waals surface area contributed by atoms with Gasteiger partial charge in [-0.1, -0.05) is 62.0 Å². The van der Waals surface area contributed by atoms with Crippen molar-refractivity contribution in [2.45, 2.75) is 56.8 Å². The van der Waals surface area contributed by atoms with Crippen LogP contribution in [0.15, 0.2) is 36.0 Å². The molecule has 3 aliphatic carbocycles. The number of hydrogen-bond acceptors (Lipinski definition) is 0. The summed E-state index contributed by atoms with van der Waals surface area (Å²) in [4.78, 5) is 0. The minimum atomic E-state index is -1.19. The van der Waals surface area contributed by atoms with E-state index in [4.69, 9.17) is 0 Å². The summed E-state index contributed by atoms with van der Waals surface area (Å²) in [5.74, 6) is 0. The molecular formula is C16H24Si. The van der Waals surface area contributed by atoms with Gasteiger partial charge < -0.3 is 0 Å². The maximum atomic E-state index is 2.69. The zero-order chi connectivity index (χ0) is 12.1. The lowest BCUT2D eigenvalue weighted by molar-refractivity contribution is 0.339. The summed E-state index contributed by atoms with van der Waals surface area (Å²) in [5.41, 5.74) is 2.22. The summed E-state index contributed by atoms with van der Waals surface area (Å²) in [6.07, 6.45) is 19.3.